The van der Waals surface area contributed by atoms with Crippen molar-refractivity contribution in [2.45, 2.75) is 30.8 Å². The molecule has 1 aromatic carbocycles. The molecule has 0 bridgehead atoms. The van der Waals surface area contributed by atoms with Gasteiger partial charge in [-0.2, -0.15) is 0 Å². The van der Waals surface area contributed by atoms with Gasteiger partial charge in [-0.05, 0) is 57.1 Å². The minimum Gasteiger partial charge on any atom is -0.392 e. The molecule has 1 saturated heterocycles. The number of hydrogen-bond acceptors (Lipinski definition) is 4. The zero-order chi connectivity index (χ0) is 15.3. The number of nitrogens with one attached hydrogen (secondary N) is 1. The van der Waals surface area contributed by atoms with E-state index in [9.17, 15) is 12.8 Å². The summed E-state index contributed by atoms with van der Waals surface area (Å²) in [6.07, 6.45) is 3.17. The molecule has 118 valence electrons. The highest BCUT2D eigenvalue weighted by Gasteiger charge is 2.16. The first-order valence-electron chi connectivity index (χ1n) is 7.14. The van der Waals surface area contributed by atoms with Gasteiger partial charge >= 0.3 is 0 Å². The Morgan fingerprint density at radius 3 is 2.67 bits per heavy atom. The third-order valence-electron chi connectivity index (χ3n) is 3.64. The van der Waals surface area contributed by atoms with Crippen molar-refractivity contribution >= 4 is 10.0 Å². The van der Waals surface area contributed by atoms with E-state index < -0.39 is 22.4 Å². The Morgan fingerprint density at radius 1 is 1.29 bits per heavy atom. The van der Waals surface area contributed by atoms with E-state index in [1.165, 1.54) is 18.9 Å². The van der Waals surface area contributed by atoms with Gasteiger partial charge in [0.25, 0.3) is 0 Å². The minimum atomic E-state index is -3.65. The van der Waals surface area contributed by atoms with E-state index in [2.05, 4.69) is 9.62 Å². The van der Waals surface area contributed by atoms with Gasteiger partial charge in [0.2, 0.25) is 10.0 Å². The number of benzene rings is 1. The fourth-order valence-corrected chi connectivity index (χ4v) is 3.56. The van der Waals surface area contributed by atoms with Crippen molar-refractivity contribution in [1.82, 2.24) is 9.62 Å². The minimum absolute atomic E-state index is 0.0186. The maximum absolute atomic E-state index is 13.3. The van der Waals surface area contributed by atoms with Crippen LogP contribution < -0.4 is 4.72 Å². The van der Waals surface area contributed by atoms with Crippen LogP contribution in [0.4, 0.5) is 4.39 Å². The number of sulfonamides is 1. The third kappa shape index (κ3) is 4.47. The molecule has 1 aliphatic rings. The van der Waals surface area contributed by atoms with E-state index in [1.807, 2.05) is 0 Å². The van der Waals surface area contributed by atoms with Gasteiger partial charge in [0.05, 0.1) is 11.5 Å². The van der Waals surface area contributed by atoms with E-state index in [0.717, 1.165) is 38.2 Å². The number of aliphatic hydroxyl groups excluding tert-OH is 1. The van der Waals surface area contributed by atoms with E-state index in [0.29, 0.717) is 6.54 Å². The average Bonchev–Trinajstić information content (AvgIpc) is 2.97. The van der Waals surface area contributed by atoms with Crippen molar-refractivity contribution in [3.05, 3.63) is 29.6 Å². The normalized spacial score (nSPS) is 16.5. The molecule has 0 amide bonds. The molecular weight excluding hydrogens is 295 g/mol. The highest BCUT2D eigenvalue weighted by atomic mass is 32.2. The topological polar surface area (TPSA) is 69.6 Å². The van der Waals surface area contributed by atoms with Crippen molar-refractivity contribution in [3.8, 4) is 0 Å². The van der Waals surface area contributed by atoms with Crippen LogP contribution in [-0.2, 0) is 16.6 Å². The van der Waals surface area contributed by atoms with Crippen LogP contribution in [0.3, 0.4) is 0 Å². The summed E-state index contributed by atoms with van der Waals surface area (Å²) in [7, 11) is -3.65. The second kappa shape index (κ2) is 7.31. The lowest BCUT2D eigenvalue weighted by molar-refractivity contribution is 0.275. The first kappa shape index (κ1) is 16.4. The van der Waals surface area contributed by atoms with E-state index in [-0.39, 0.29) is 10.5 Å². The van der Waals surface area contributed by atoms with Crippen LogP contribution in [0.15, 0.2) is 23.1 Å². The smallest absolute Gasteiger partial charge is 0.240 e. The molecule has 1 aromatic rings. The molecule has 1 aliphatic heterocycles. The quantitative estimate of drug-likeness (QED) is 0.739. The highest BCUT2D eigenvalue weighted by molar-refractivity contribution is 7.89. The summed E-state index contributed by atoms with van der Waals surface area (Å²) in [5, 5.41) is 8.98. The van der Waals surface area contributed by atoms with Crippen LogP contribution in [0, 0.1) is 5.82 Å². The number of likely N-dealkylation sites (tertiary alicyclic amines) is 1. The summed E-state index contributed by atoms with van der Waals surface area (Å²) < 4.78 is 39.9. The molecule has 0 saturated carbocycles. The Kier molecular flexibility index (Phi) is 5.69. The maximum atomic E-state index is 13.3. The molecule has 7 heteroatoms. The van der Waals surface area contributed by atoms with Crippen molar-refractivity contribution in [2.75, 3.05) is 26.2 Å². The molecule has 1 fully saturated rings. The third-order valence-corrected chi connectivity index (χ3v) is 5.10. The summed E-state index contributed by atoms with van der Waals surface area (Å²) in [5.41, 5.74) is -0.0186. The predicted octanol–water partition coefficient (Wildman–Crippen LogP) is 1.08. The molecule has 0 radical (unpaired) electrons. The average molecular weight is 316 g/mol. The number of nitrogens with zero attached hydrogens (tertiary/aromatic N) is 1. The van der Waals surface area contributed by atoms with E-state index >= 15 is 0 Å². The van der Waals surface area contributed by atoms with Crippen LogP contribution >= 0.6 is 0 Å². The molecule has 2 N–H and O–H groups in total. The standard InChI is InChI=1S/C14H21FN2O3S/c15-14-5-4-13(10-12(14)11-18)21(19,20)16-6-3-9-17-7-1-2-8-17/h4-5,10,16,18H,1-3,6-9,11H2. The fourth-order valence-electron chi connectivity index (χ4n) is 2.44. The second-order valence-corrected chi connectivity index (χ2v) is 6.98. The summed E-state index contributed by atoms with van der Waals surface area (Å²) in [6, 6.07) is 3.43. The lowest BCUT2D eigenvalue weighted by Gasteiger charge is -2.14. The van der Waals surface area contributed by atoms with Crippen molar-refractivity contribution in [1.29, 1.82) is 0 Å². The van der Waals surface area contributed by atoms with Gasteiger partial charge in [-0.3, -0.25) is 0 Å². The number of hydrogen-bond donors (Lipinski definition) is 2. The lowest BCUT2D eigenvalue weighted by Crippen LogP contribution is -2.28. The van der Waals surface area contributed by atoms with Crippen molar-refractivity contribution in [2.24, 2.45) is 0 Å². The molecule has 2 rings (SSSR count). The molecule has 0 unspecified atom stereocenters. The Morgan fingerprint density at radius 2 is 2.00 bits per heavy atom. The van der Waals surface area contributed by atoms with Gasteiger partial charge in [-0.15, -0.1) is 0 Å². The van der Waals surface area contributed by atoms with Gasteiger partial charge in [-0.25, -0.2) is 17.5 Å². The zero-order valence-electron chi connectivity index (χ0n) is 11.9. The molecule has 1 heterocycles. The maximum Gasteiger partial charge on any atom is 0.240 e. The first-order valence-corrected chi connectivity index (χ1v) is 8.62. The summed E-state index contributed by atoms with van der Waals surface area (Å²) in [4.78, 5) is 2.30. The van der Waals surface area contributed by atoms with Gasteiger partial charge in [0.1, 0.15) is 5.82 Å². The highest BCUT2D eigenvalue weighted by Crippen LogP contribution is 2.15. The summed E-state index contributed by atoms with van der Waals surface area (Å²) in [6.45, 7) is 2.89. The van der Waals surface area contributed by atoms with Gasteiger partial charge in [0, 0.05) is 12.1 Å². The fraction of sp³-hybridized carbons (Fsp3) is 0.571. The number of rotatable bonds is 7. The van der Waals surface area contributed by atoms with E-state index in [4.69, 9.17) is 5.11 Å². The number of aliphatic hydroxyl groups is 1. The Labute approximate surface area is 124 Å². The largest absolute Gasteiger partial charge is 0.392 e. The second-order valence-electron chi connectivity index (χ2n) is 5.21. The Bertz CT molecular complexity index is 572. The molecule has 0 spiro atoms. The number of halogens is 1. The predicted molar refractivity (Wildman–Crippen MR) is 77.8 cm³/mol. The van der Waals surface area contributed by atoms with E-state index in [1.54, 1.807) is 0 Å². The molecule has 5 nitrogen and oxygen atoms in total. The van der Waals surface area contributed by atoms with Crippen LogP contribution in [0.5, 0.6) is 0 Å². The molecule has 0 aliphatic carbocycles. The lowest BCUT2D eigenvalue weighted by atomic mass is 10.2. The van der Waals surface area contributed by atoms with Crippen molar-refractivity contribution in [3.63, 3.8) is 0 Å². The first-order chi connectivity index (χ1) is 10.0. The monoisotopic (exact) mass is 316 g/mol. The SMILES string of the molecule is O=S(=O)(NCCCN1CCCC1)c1ccc(F)c(CO)c1. The van der Waals surface area contributed by atoms with Gasteiger partial charge < -0.3 is 10.0 Å². The van der Waals surface area contributed by atoms with Gasteiger partial charge in [0.15, 0.2) is 0 Å². The Balaban J connectivity index is 1.88. The molecule has 21 heavy (non-hydrogen) atoms. The zero-order valence-corrected chi connectivity index (χ0v) is 12.7. The Hall–Kier alpha value is -1.02. The van der Waals surface area contributed by atoms with Crippen LogP contribution in [0.2, 0.25) is 0 Å². The van der Waals surface area contributed by atoms with Crippen LogP contribution in [0.1, 0.15) is 24.8 Å². The van der Waals surface area contributed by atoms with Crippen molar-refractivity contribution < 1.29 is 17.9 Å². The summed E-state index contributed by atoms with van der Waals surface area (Å²) >= 11 is 0. The van der Waals surface area contributed by atoms with Crippen LogP contribution in [-0.4, -0.2) is 44.6 Å². The molecule has 0 atom stereocenters. The molecular formula is C14H21FN2O3S. The van der Waals surface area contributed by atoms with Gasteiger partial charge in [-0.1, -0.05) is 0 Å². The van der Waals surface area contributed by atoms with Crippen LogP contribution in [0.25, 0.3) is 0 Å². The molecule has 0 aromatic heterocycles. The summed E-state index contributed by atoms with van der Waals surface area (Å²) in [5.74, 6) is -0.606.